The predicted molar refractivity (Wildman–Crippen MR) is 65.5 cm³/mol. The Morgan fingerprint density at radius 2 is 2.00 bits per heavy atom. The minimum Gasteiger partial charge on any atom is -0.339 e. The highest BCUT2D eigenvalue weighted by Crippen LogP contribution is 2.32. The number of rotatable bonds is 3. The standard InChI is InChI=1S/C13H22F2N2O/c1-17(8-12(14)15)13(18)11-7-6-9-4-2-3-5-10(9)16-11/h9-12,16H,2-8H2,1H3. The van der Waals surface area contributed by atoms with Crippen LogP contribution in [0.1, 0.15) is 38.5 Å². The smallest absolute Gasteiger partial charge is 0.255 e. The van der Waals surface area contributed by atoms with E-state index >= 15 is 0 Å². The average molecular weight is 260 g/mol. The van der Waals surface area contributed by atoms with Crippen molar-refractivity contribution in [3.63, 3.8) is 0 Å². The summed E-state index contributed by atoms with van der Waals surface area (Å²) in [5, 5.41) is 3.37. The van der Waals surface area contributed by atoms with Gasteiger partial charge in [0.25, 0.3) is 6.43 Å². The van der Waals surface area contributed by atoms with Crippen molar-refractivity contribution >= 4 is 5.91 Å². The van der Waals surface area contributed by atoms with Gasteiger partial charge in [-0.2, -0.15) is 0 Å². The quantitative estimate of drug-likeness (QED) is 0.842. The Balaban J connectivity index is 1.88. The Labute approximate surface area is 107 Å². The lowest BCUT2D eigenvalue weighted by Gasteiger charge is -2.40. The van der Waals surface area contributed by atoms with Gasteiger partial charge in [-0.25, -0.2) is 8.78 Å². The molecule has 104 valence electrons. The predicted octanol–water partition coefficient (Wildman–Crippen LogP) is 2.02. The van der Waals surface area contributed by atoms with Crippen LogP contribution in [-0.4, -0.2) is 42.9 Å². The van der Waals surface area contributed by atoms with Gasteiger partial charge in [0.15, 0.2) is 0 Å². The van der Waals surface area contributed by atoms with Gasteiger partial charge < -0.3 is 10.2 Å². The summed E-state index contributed by atoms with van der Waals surface area (Å²) in [7, 11) is 1.46. The lowest BCUT2D eigenvalue weighted by atomic mass is 9.77. The monoisotopic (exact) mass is 260 g/mol. The van der Waals surface area contributed by atoms with E-state index in [1.54, 1.807) is 0 Å². The number of carbonyl (C=O) groups excluding carboxylic acids is 1. The molecule has 18 heavy (non-hydrogen) atoms. The van der Waals surface area contributed by atoms with Crippen molar-refractivity contribution in [1.29, 1.82) is 0 Å². The first-order valence-corrected chi connectivity index (χ1v) is 6.87. The third-order valence-electron chi connectivity index (χ3n) is 4.24. The molecule has 5 heteroatoms. The van der Waals surface area contributed by atoms with Crippen LogP contribution < -0.4 is 5.32 Å². The summed E-state index contributed by atoms with van der Waals surface area (Å²) in [4.78, 5) is 13.2. The number of hydrogen-bond donors (Lipinski definition) is 1. The van der Waals surface area contributed by atoms with Gasteiger partial charge in [0.2, 0.25) is 5.91 Å². The highest BCUT2D eigenvalue weighted by molar-refractivity contribution is 5.81. The fraction of sp³-hybridized carbons (Fsp3) is 0.923. The van der Waals surface area contributed by atoms with Crippen LogP contribution in [0.25, 0.3) is 0 Å². The van der Waals surface area contributed by atoms with Crippen molar-refractivity contribution in [2.24, 2.45) is 5.92 Å². The van der Waals surface area contributed by atoms with Crippen LogP contribution in [0.3, 0.4) is 0 Å². The van der Waals surface area contributed by atoms with E-state index in [9.17, 15) is 13.6 Å². The van der Waals surface area contributed by atoms with Gasteiger partial charge in [-0.1, -0.05) is 12.8 Å². The van der Waals surface area contributed by atoms with E-state index in [1.165, 1.54) is 26.3 Å². The summed E-state index contributed by atoms with van der Waals surface area (Å²) < 4.78 is 24.5. The summed E-state index contributed by atoms with van der Waals surface area (Å²) in [5.74, 6) is 0.502. The van der Waals surface area contributed by atoms with Gasteiger partial charge in [0.05, 0.1) is 12.6 Å². The zero-order chi connectivity index (χ0) is 13.1. The lowest BCUT2D eigenvalue weighted by Crippen LogP contribution is -2.55. The number of carbonyl (C=O) groups is 1. The molecule has 0 spiro atoms. The summed E-state index contributed by atoms with van der Waals surface area (Å²) in [6, 6.07) is 0.162. The van der Waals surface area contributed by atoms with Crippen LogP contribution in [0.2, 0.25) is 0 Å². The second-order valence-corrected chi connectivity index (χ2v) is 5.56. The first kappa shape index (κ1) is 13.7. The summed E-state index contributed by atoms with van der Waals surface area (Å²) in [5.41, 5.74) is 0. The molecule has 3 atom stereocenters. The van der Waals surface area contributed by atoms with E-state index in [0.717, 1.165) is 24.2 Å². The third-order valence-corrected chi connectivity index (χ3v) is 4.24. The maximum atomic E-state index is 12.3. The molecule has 2 rings (SSSR count). The Morgan fingerprint density at radius 3 is 2.72 bits per heavy atom. The Bertz CT molecular complexity index is 299. The minimum atomic E-state index is -2.45. The van der Waals surface area contributed by atoms with Crippen LogP contribution >= 0.6 is 0 Å². The Morgan fingerprint density at radius 1 is 1.28 bits per heavy atom. The molecule has 3 nitrogen and oxygen atoms in total. The number of halogens is 2. The fourth-order valence-electron chi connectivity index (χ4n) is 3.25. The highest BCUT2D eigenvalue weighted by atomic mass is 19.3. The number of likely N-dealkylation sites (N-methyl/N-ethyl adjacent to an activating group) is 1. The van der Waals surface area contributed by atoms with Crippen molar-refractivity contribution in [3.05, 3.63) is 0 Å². The van der Waals surface area contributed by atoms with E-state index in [0.29, 0.717) is 12.0 Å². The van der Waals surface area contributed by atoms with Gasteiger partial charge in [-0.3, -0.25) is 4.79 Å². The molecule has 0 aromatic heterocycles. The maximum absolute atomic E-state index is 12.3. The molecule has 3 unspecified atom stereocenters. The van der Waals surface area contributed by atoms with Crippen molar-refractivity contribution in [1.82, 2.24) is 10.2 Å². The highest BCUT2D eigenvalue weighted by Gasteiger charge is 2.35. The van der Waals surface area contributed by atoms with Crippen LogP contribution in [0.5, 0.6) is 0 Å². The second-order valence-electron chi connectivity index (χ2n) is 5.56. The van der Waals surface area contributed by atoms with E-state index in [4.69, 9.17) is 0 Å². The molecule has 0 aromatic carbocycles. The fourth-order valence-corrected chi connectivity index (χ4v) is 3.25. The number of alkyl halides is 2. The normalized spacial score (nSPS) is 32.1. The lowest BCUT2D eigenvalue weighted by molar-refractivity contribution is -0.135. The Hall–Kier alpha value is -0.710. The summed E-state index contributed by atoms with van der Waals surface area (Å²) >= 11 is 0. The topological polar surface area (TPSA) is 32.3 Å². The van der Waals surface area contributed by atoms with Gasteiger partial charge in [0.1, 0.15) is 0 Å². The third kappa shape index (κ3) is 3.19. The summed E-state index contributed by atoms with van der Waals surface area (Å²) in [6.07, 6.45) is 4.24. The van der Waals surface area contributed by atoms with Crippen molar-refractivity contribution in [3.8, 4) is 0 Å². The maximum Gasteiger partial charge on any atom is 0.255 e. The van der Waals surface area contributed by atoms with Gasteiger partial charge >= 0.3 is 0 Å². The first-order chi connectivity index (χ1) is 8.58. The number of amides is 1. The van der Waals surface area contributed by atoms with Crippen LogP contribution in [0.15, 0.2) is 0 Å². The molecule has 0 bridgehead atoms. The molecule has 1 aliphatic carbocycles. The minimum absolute atomic E-state index is 0.181. The molecule has 1 heterocycles. The number of nitrogens with one attached hydrogen (secondary N) is 1. The van der Waals surface area contributed by atoms with Crippen LogP contribution in [0, 0.1) is 5.92 Å². The molecule has 1 amide bonds. The molecule has 1 saturated carbocycles. The van der Waals surface area contributed by atoms with Crippen molar-refractivity contribution in [2.75, 3.05) is 13.6 Å². The largest absolute Gasteiger partial charge is 0.339 e. The molecule has 0 aromatic rings. The number of nitrogens with zero attached hydrogens (tertiary/aromatic N) is 1. The number of hydrogen-bond acceptors (Lipinski definition) is 2. The molecule has 2 fully saturated rings. The zero-order valence-corrected chi connectivity index (χ0v) is 10.9. The molecule has 1 N–H and O–H groups in total. The van der Waals surface area contributed by atoms with Crippen molar-refractivity contribution in [2.45, 2.75) is 57.0 Å². The van der Waals surface area contributed by atoms with Crippen molar-refractivity contribution < 1.29 is 13.6 Å². The van der Waals surface area contributed by atoms with E-state index < -0.39 is 13.0 Å². The van der Waals surface area contributed by atoms with Gasteiger partial charge in [-0.05, 0) is 31.6 Å². The number of fused-ring (bicyclic) bond motifs is 1. The molecule has 1 saturated heterocycles. The molecule has 1 aliphatic heterocycles. The molecular formula is C13H22F2N2O. The van der Waals surface area contributed by atoms with Gasteiger partial charge in [0, 0.05) is 13.1 Å². The van der Waals surface area contributed by atoms with E-state index in [2.05, 4.69) is 5.32 Å². The Kier molecular flexibility index (Phi) is 4.54. The zero-order valence-electron chi connectivity index (χ0n) is 10.9. The SMILES string of the molecule is CN(CC(F)F)C(=O)C1CCC2CCCCC2N1. The molecular weight excluding hydrogens is 238 g/mol. The van der Waals surface area contributed by atoms with E-state index in [1.807, 2.05) is 0 Å². The van der Waals surface area contributed by atoms with Crippen LogP contribution in [0.4, 0.5) is 8.78 Å². The average Bonchev–Trinajstić information content (AvgIpc) is 2.36. The van der Waals surface area contributed by atoms with Gasteiger partial charge in [-0.15, -0.1) is 0 Å². The second kappa shape index (κ2) is 5.95. The number of piperidine rings is 1. The molecule has 0 radical (unpaired) electrons. The first-order valence-electron chi connectivity index (χ1n) is 6.87. The van der Waals surface area contributed by atoms with Crippen LogP contribution in [-0.2, 0) is 4.79 Å². The molecule has 2 aliphatic rings. The van der Waals surface area contributed by atoms with E-state index in [-0.39, 0.29) is 11.9 Å². The summed E-state index contributed by atoms with van der Waals surface area (Å²) in [6.45, 7) is -0.467.